The summed E-state index contributed by atoms with van der Waals surface area (Å²) >= 11 is 0. The van der Waals surface area contributed by atoms with Gasteiger partial charge in [-0.15, -0.1) is 0 Å². The van der Waals surface area contributed by atoms with E-state index in [0.29, 0.717) is 19.8 Å². The van der Waals surface area contributed by atoms with E-state index in [-0.39, 0.29) is 6.61 Å². The van der Waals surface area contributed by atoms with E-state index in [0.717, 1.165) is 13.1 Å². The summed E-state index contributed by atoms with van der Waals surface area (Å²) < 4.78 is 9.79. The van der Waals surface area contributed by atoms with Gasteiger partial charge >= 0.3 is 18.0 Å². The fourth-order valence-electron chi connectivity index (χ4n) is 1.29. The van der Waals surface area contributed by atoms with Gasteiger partial charge in [0.25, 0.3) is 0 Å². The topological polar surface area (TPSA) is 120 Å². The number of rotatable bonds is 3. The fourth-order valence-corrected chi connectivity index (χ4v) is 1.29. The molecular formula is C9H15N3O6. The smallest absolute Gasteiger partial charge is 0.441 e. The van der Waals surface area contributed by atoms with Gasteiger partial charge in [0.1, 0.15) is 6.61 Å². The highest BCUT2D eigenvalue weighted by Crippen LogP contribution is 1.96. The number of hydroxylamine groups is 1. The average molecular weight is 261 g/mol. The van der Waals surface area contributed by atoms with Crippen LogP contribution in [-0.4, -0.2) is 62.3 Å². The predicted molar refractivity (Wildman–Crippen MR) is 57.0 cm³/mol. The molecule has 9 nitrogen and oxygen atoms in total. The van der Waals surface area contributed by atoms with Gasteiger partial charge in [-0.25, -0.2) is 14.4 Å². The Kier molecular flexibility index (Phi) is 5.88. The van der Waals surface area contributed by atoms with E-state index in [1.54, 1.807) is 0 Å². The number of amides is 2. The third-order valence-corrected chi connectivity index (χ3v) is 2.16. The first kappa shape index (κ1) is 14.2. The number of ether oxygens (including phenoxy) is 2. The van der Waals surface area contributed by atoms with Crippen LogP contribution in [0, 0.1) is 0 Å². The largest absolute Gasteiger partial charge is 0.456 e. The minimum atomic E-state index is -1.32. The van der Waals surface area contributed by atoms with Crippen molar-refractivity contribution in [3.05, 3.63) is 0 Å². The zero-order chi connectivity index (χ0) is 13.4. The Morgan fingerprint density at radius 1 is 1.22 bits per heavy atom. The molecule has 0 bridgehead atoms. The van der Waals surface area contributed by atoms with Crippen LogP contribution in [0.3, 0.4) is 0 Å². The lowest BCUT2D eigenvalue weighted by molar-refractivity contribution is -0.171. The number of nitrogens with two attached hydrogens (primary N) is 1. The molecule has 0 unspecified atom stereocenters. The van der Waals surface area contributed by atoms with Crippen molar-refractivity contribution in [1.29, 1.82) is 0 Å². The Morgan fingerprint density at radius 2 is 1.89 bits per heavy atom. The molecule has 0 spiro atoms. The maximum absolute atomic E-state index is 11.1. The normalized spacial score (nSPS) is 15.8. The number of primary amides is 1. The number of hydrogen-bond donors (Lipinski definition) is 2. The molecule has 1 rings (SSSR count). The van der Waals surface area contributed by atoms with Crippen LogP contribution in [0.4, 0.5) is 4.79 Å². The van der Waals surface area contributed by atoms with E-state index in [1.165, 1.54) is 5.48 Å². The Labute approximate surface area is 103 Å². The Bertz CT molecular complexity index is 315. The molecular weight excluding hydrogens is 246 g/mol. The minimum absolute atomic E-state index is 0.0600. The summed E-state index contributed by atoms with van der Waals surface area (Å²) in [6.45, 7) is 3.35. The third kappa shape index (κ3) is 5.46. The minimum Gasteiger partial charge on any atom is -0.456 e. The lowest BCUT2D eigenvalue weighted by Crippen LogP contribution is -2.39. The quantitative estimate of drug-likeness (QED) is 0.342. The maximum Gasteiger partial charge on any atom is 0.441 e. The third-order valence-electron chi connectivity index (χ3n) is 2.16. The highest BCUT2D eigenvalue weighted by molar-refractivity contribution is 6.29. The summed E-state index contributed by atoms with van der Waals surface area (Å²) in [5, 5.41) is 0. The van der Waals surface area contributed by atoms with Gasteiger partial charge in [-0.1, -0.05) is 0 Å². The second kappa shape index (κ2) is 7.45. The Morgan fingerprint density at radius 3 is 2.50 bits per heavy atom. The summed E-state index contributed by atoms with van der Waals surface area (Å²) in [6, 6.07) is -1.08. The molecule has 1 heterocycles. The van der Waals surface area contributed by atoms with Crippen molar-refractivity contribution in [2.45, 2.75) is 0 Å². The summed E-state index contributed by atoms with van der Waals surface area (Å²) in [7, 11) is 0. The van der Waals surface area contributed by atoms with Crippen molar-refractivity contribution >= 4 is 18.0 Å². The molecule has 1 saturated heterocycles. The number of nitrogens with zero attached hydrogens (tertiary/aromatic N) is 1. The van der Waals surface area contributed by atoms with Crippen LogP contribution in [0.5, 0.6) is 0 Å². The van der Waals surface area contributed by atoms with Crippen LogP contribution in [0.25, 0.3) is 0 Å². The molecule has 1 fully saturated rings. The SMILES string of the molecule is NC(=O)NOC(=O)C(=O)OCCN1CCOCC1. The first-order chi connectivity index (χ1) is 8.59. The molecule has 1 aliphatic rings. The molecule has 0 aliphatic carbocycles. The number of morpholine rings is 1. The maximum atomic E-state index is 11.1. The molecule has 9 heteroatoms. The Hall–Kier alpha value is -1.87. The molecule has 0 aromatic heterocycles. The van der Waals surface area contributed by atoms with Crippen LogP contribution in [0.1, 0.15) is 0 Å². The number of urea groups is 1. The van der Waals surface area contributed by atoms with E-state index < -0.39 is 18.0 Å². The summed E-state index contributed by atoms with van der Waals surface area (Å²) in [6.07, 6.45) is 0. The van der Waals surface area contributed by atoms with Gasteiger partial charge in [-0.3, -0.25) is 4.90 Å². The number of nitrogens with one attached hydrogen (secondary N) is 1. The van der Waals surface area contributed by atoms with Crippen LogP contribution >= 0.6 is 0 Å². The number of esters is 1. The number of carbonyl (C=O) groups is 3. The van der Waals surface area contributed by atoms with Crippen LogP contribution < -0.4 is 11.2 Å². The standard InChI is InChI=1S/C9H15N3O6/c10-9(15)11-18-8(14)7(13)17-6-3-12-1-4-16-5-2-12/h1-6H2,(H3,10,11,15). The van der Waals surface area contributed by atoms with Crippen molar-refractivity contribution in [1.82, 2.24) is 10.4 Å². The van der Waals surface area contributed by atoms with Gasteiger partial charge in [0.2, 0.25) is 0 Å². The van der Waals surface area contributed by atoms with Crippen molar-refractivity contribution in [3.8, 4) is 0 Å². The monoisotopic (exact) mass is 261 g/mol. The van der Waals surface area contributed by atoms with Crippen LogP contribution in [0.15, 0.2) is 0 Å². The van der Waals surface area contributed by atoms with Gasteiger partial charge in [0.15, 0.2) is 0 Å². The molecule has 102 valence electrons. The van der Waals surface area contributed by atoms with E-state index in [4.69, 9.17) is 4.74 Å². The summed E-state index contributed by atoms with van der Waals surface area (Å²) in [5.74, 6) is -2.51. The first-order valence-electron chi connectivity index (χ1n) is 5.33. The van der Waals surface area contributed by atoms with Crippen molar-refractivity contribution < 1.29 is 28.7 Å². The second-order valence-corrected chi connectivity index (χ2v) is 3.45. The van der Waals surface area contributed by atoms with Crippen LogP contribution in [0.2, 0.25) is 0 Å². The van der Waals surface area contributed by atoms with E-state index in [9.17, 15) is 14.4 Å². The lowest BCUT2D eigenvalue weighted by Gasteiger charge is -2.25. The first-order valence-corrected chi connectivity index (χ1v) is 5.33. The van der Waals surface area contributed by atoms with Crippen LogP contribution in [-0.2, 0) is 23.9 Å². The number of hydrogen-bond acceptors (Lipinski definition) is 7. The molecule has 0 saturated carbocycles. The highest BCUT2D eigenvalue weighted by Gasteiger charge is 2.19. The molecule has 0 atom stereocenters. The second-order valence-electron chi connectivity index (χ2n) is 3.45. The molecule has 2 amide bonds. The van der Waals surface area contributed by atoms with Crippen molar-refractivity contribution in [3.63, 3.8) is 0 Å². The molecule has 0 aromatic rings. The van der Waals surface area contributed by atoms with Gasteiger partial charge in [-0.2, -0.15) is 5.48 Å². The van der Waals surface area contributed by atoms with E-state index in [2.05, 4.69) is 15.3 Å². The predicted octanol–water partition coefficient (Wildman–Crippen LogP) is -2.01. The molecule has 1 aliphatic heterocycles. The van der Waals surface area contributed by atoms with Gasteiger partial charge in [-0.05, 0) is 0 Å². The Balaban J connectivity index is 2.11. The average Bonchev–Trinajstić information content (AvgIpc) is 2.37. The van der Waals surface area contributed by atoms with E-state index in [1.807, 2.05) is 4.90 Å². The molecule has 0 aromatic carbocycles. The molecule has 3 N–H and O–H groups in total. The molecule has 18 heavy (non-hydrogen) atoms. The highest BCUT2D eigenvalue weighted by atomic mass is 16.7. The summed E-state index contributed by atoms with van der Waals surface area (Å²) in [4.78, 5) is 38.3. The summed E-state index contributed by atoms with van der Waals surface area (Å²) in [5.41, 5.74) is 6.17. The van der Waals surface area contributed by atoms with Crippen molar-refractivity contribution in [2.75, 3.05) is 39.5 Å². The zero-order valence-electron chi connectivity index (χ0n) is 9.72. The fraction of sp³-hybridized carbons (Fsp3) is 0.667. The molecule has 0 radical (unpaired) electrons. The van der Waals surface area contributed by atoms with E-state index >= 15 is 0 Å². The zero-order valence-corrected chi connectivity index (χ0v) is 9.72. The lowest BCUT2D eigenvalue weighted by atomic mass is 10.4. The van der Waals surface area contributed by atoms with Gasteiger partial charge in [0, 0.05) is 19.6 Å². The van der Waals surface area contributed by atoms with Crippen molar-refractivity contribution in [2.24, 2.45) is 5.73 Å². The number of carbonyl (C=O) groups excluding carboxylic acids is 3. The van der Waals surface area contributed by atoms with Gasteiger partial charge in [0.05, 0.1) is 13.2 Å². The van der Waals surface area contributed by atoms with Gasteiger partial charge < -0.3 is 20.0 Å².